The van der Waals surface area contributed by atoms with E-state index in [0.717, 1.165) is 55.0 Å². The van der Waals surface area contributed by atoms with Gasteiger partial charge in [0.1, 0.15) is 15.4 Å². The lowest BCUT2D eigenvalue weighted by atomic mass is 10.5. The Morgan fingerprint density at radius 2 is 1.41 bits per heavy atom. The van der Waals surface area contributed by atoms with Gasteiger partial charge >= 0.3 is 6.09 Å². The van der Waals surface area contributed by atoms with Crippen LogP contribution in [0.1, 0.15) is 48.0 Å². The Balaban J connectivity index is 4.87. The van der Waals surface area contributed by atoms with Crippen LogP contribution in [0.4, 0.5) is 4.79 Å². The minimum absolute atomic E-state index is 0.0665. The Labute approximate surface area is 171 Å². The van der Waals surface area contributed by atoms with Crippen molar-refractivity contribution >= 4 is 32.2 Å². The maximum Gasteiger partial charge on any atom is 0.411 e. The Hall–Kier alpha value is -0.419. The number of carbonyl (C=O) groups excluding carboxylic acids is 1. The molecule has 1 N–H and O–H groups in total. The second-order valence-corrected chi connectivity index (χ2v) is 17.7. The zero-order chi connectivity index (χ0) is 20.8. The van der Waals surface area contributed by atoms with Crippen molar-refractivity contribution in [1.82, 2.24) is 5.32 Å². The fraction of sp³-hybridized carbons (Fsp3) is 0.842. The molecular weight excluding hydrogens is 390 g/mol. The lowest BCUT2D eigenvalue weighted by molar-refractivity contribution is 0.0530. The topological polar surface area (TPSA) is 56.8 Å². The molecule has 0 saturated heterocycles. The highest BCUT2D eigenvalue weighted by molar-refractivity contribution is 6.75. The van der Waals surface area contributed by atoms with Crippen LogP contribution in [0.3, 0.4) is 0 Å². The number of hydrogen-bond donors (Lipinski definition) is 1. The predicted octanol–water partition coefficient (Wildman–Crippen LogP) is 5.70. The number of carbonyl (C=O) groups is 1. The maximum atomic E-state index is 11.3. The molecule has 1 amide bonds. The highest BCUT2D eigenvalue weighted by Gasteiger charge is 2.37. The van der Waals surface area contributed by atoms with Crippen LogP contribution >= 0.6 is 0 Å². The van der Waals surface area contributed by atoms with Crippen LogP contribution in [0, 0.1) is 0 Å². The first-order chi connectivity index (χ1) is 12.9. The van der Waals surface area contributed by atoms with Gasteiger partial charge in [-0.2, -0.15) is 0 Å². The average molecular weight is 432 g/mol. The molecule has 0 heterocycles. The molecule has 0 unspecified atom stereocenters. The number of alkyl carbamates (subject to hydrolysis) is 1. The molecule has 0 atom stereocenters. The monoisotopic (exact) mass is 431 g/mol. The van der Waals surface area contributed by atoms with Gasteiger partial charge in [0.25, 0.3) is 0 Å². The van der Waals surface area contributed by atoms with Crippen LogP contribution in [0.5, 0.6) is 0 Å². The molecule has 0 rings (SSSR count). The maximum absolute atomic E-state index is 11.3. The number of ether oxygens (including phenoxy) is 1. The van der Waals surface area contributed by atoms with Gasteiger partial charge in [-0.1, -0.05) is 54.2 Å². The number of hydrogen-bond acceptors (Lipinski definition) is 4. The summed E-state index contributed by atoms with van der Waals surface area (Å²) in [5.41, 5.74) is 0. The first-order valence-electron chi connectivity index (χ1n) is 10.5. The van der Waals surface area contributed by atoms with Crippen molar-refractivity contribution in [2.45, 2.75) is 96.2 Å². The minimum Gasteiger partial charge on any atom is -0.419 e. The van der Waals surface area contributed by atoms with E-state index in [0.29, 0.717) is 16.1 Å². The smallest absolute Gasteiger partial charge is 0.411 e. The molecule has 0 aromatic carbocycles. The first-order valence-corrected chi connectivity index (χ1v) is 16.9. The zero-order valence-electron chi connectivity index (χ0n) is 18.4. The van der Waals surface area contributed by atoms with Gasteiger partial charge in [-0.3, -0.25) is 0 Å². The SMILES string of the molecule is C=COC(=O)NCCC[Si]C(O[Si](CC)(CC)CC)O[Si](CC)(CC)CC. The third-order valence-electron chi connectivity index (χ3n) is 5.70. The second kappa shape index (κ2) is 14.6. The van der Waals surface area contributed by atoms with Crippen LogP contribution in [0.2, 0.25) is 42.3 Å². The predicted molar refractivity (Wildman–Crippen MR) is 120 cm³/mol. The third kappa shape index (κ3) is 9.56. The van der Waals surface area contributed by atoms with Crippen LogP contribution in [0.15, 0.2) is 12.8 Å². The standard InChI is InChI=1S/C19H41NO4Si3/c1-8-22-18(21)20-16-15-17-25-19(23-26(9-2,10-3)11-4)24-27(12-5,13-6)14-7/h8,19H,1,9-17H2,2-7H3,(H,20,21). The lowest BCUT2D eigenvalue weighted by Crippen LogP contribution is -2.49. The molecule has 0 spiro atoms. The van der Waals surface area contributed by atoms with Gasteiger partial charge in [0, 0.05) is 6.54 Å². The van der Waals surface area contributed by atoms with E-state index in [2.05, 4.69) is 58.2 Å². The molecule has 0 fully saturated rings. The summed E-state index contributed by atoms with van der Waals surface area (Å²) >= 11 is 0. The normalized spacial score (nSPS) is 12.3. The van der Waals surface area contributed by atoms with E-state index in [1.807, 2.05) is 0 Å². The molecule has 2 radical (unpaired) electrons. The van der Waals surface area contributed by atoms with Crippen LogP contribution in [0.25, 0.3) is 0 Å². The van der Waals surface area contributed by atoms with Gasteiger partial charge in [0.2, 0.25) is 0 Å². The highest BCUT2D eigenvalue weighted by atomic mass is 28.4. The van der Waals surface area contributed by atoms with E-state index in [-0.39, 0.29) is 5.91 Å². The average Bonchev–Trinajstić information content (AvgIpc) is 2.70. The van der Waals surface area contributed by atoms with Crippen LogP contribution in [-0.4, -0.2) is 44.7 Å². The first kappa shape index (κ1) is 26.6. The molecule has 8 heteroatoms. The van der Waals surface area contributed by atoms with E-state index in [1.54, 1.807) is 0 Å². The van der Waals surface area contributed by atoms with Crippen molar-refractivity contribution in [2.24, 2.45) is 0 Å². The van der Waals surface area contributed by atoms with E-state index in [4.69, 9.17) is 8.85 Å². The van der Waals surface area contributed by atoms with Gasteiger partial charge in [0.15, 0.2) is 16.6 Å². The molecule has 0 aliphatic carbocycles. The summed E-state index contributed by atoms with van der Waals surface area (Å²) in [4.78, 5) is 11.3. The number of amides is 1. The van der Waals surface area contributed by atoms with E-state index in [1.165, 1.54) is 0 Å². The minimum atomic E-state index is -1.71. The molecule has 5 nitrogen and oxygen atoms in total. The van der Waals surface area contributed by atoms with Gasteiger partial charge in [0.05, 0.1) is 6.26 Å². The van der Waals surface area contributed by atoms with E-state index < -0.39 is 22.7 Å². The zero-order valence-corrected chi connectivity index (χ0v) is 21.4. The molecule has 0 aliphatic rings. The molecule has 0 aromatic heterocycles. The van der Waals surface area contributed by atoms with Crippen molar-refractivity contribution < 1.29 is 18.4 Å². The number of nitrogens with one attached hydrogen (secondary N) is 1. The molecular formula is C19H41NO4Si3. The van der Waals surface area contributed by atoms with Gasteiger partial charge in [-0.05, 0) is 42.7 Å². The Morgan fingerprint density at radius 3 is 1.78 bits per heavy atom. The van der Waals surface area contributed by atoms with Crippen molar-refractivity contribution in [2.75, 3.05) is 6.54 Å². The largest absolute Gasteiger partial charge is 0.419 e. The quantitative estimate of drug-likeness (QED) is 0.147. The summed E-state index contributed by atoms with van der Waals surface area (Å²) in [7, 11) is -2.82. The van der Waals surface area contributed by atoms with Crippen molar-refractivity contribution in [3.8, 4) is 0 Å². The summed E-state index contributed by atoms with van der Waals surface area (Å²) in [6, 6.07) is 7.81. The lowest BCUT2D eigenvalue weighted by Gasteiger charge is -2.38. The molecule has 27 heavy (non-hydrogen) atoms. The fourth-order valence-electron chi connectivity index (χ4n) is 3.18. The summed E-state index contributed by atoms with van der Waals surface area (Å²) in [5.74, 6) is -0.0665. The molecule has 0 bridgehead atoms. The molecule has 158 valence electrons. The second-order valence-electron chi connectivity index (χ2n) is 6.86. The summed E-state index contributed by atoms with van der Waals surface area (Å²) < 4.78 is 18.2. The number of rotatable bonds is 16. The van der Waals surface area contributed by atoms with Crippen LogP contribution < -0.4 is 5.32 Å². The Bertz CT molecular complexity index is 377. The summed E-state index contributed by atoms with van der Waals surface area (Å²) in [5, 5.41) is 2.73. The summed E-state index contributed by atoms with van der Waals surface area (Å²) in [6.07, 6.45) is 1.59. The van der Waals surface area contributed by atoms with Crippen molar-refractivity contribution in [1.29, 1.82) is 0 Å². The van der Waals surface area contributed by atoms with Gasteiger partial charge < -0.3 is 18.9 Å². The molecule has 0 aromatic rings. The van der Waals surface area contributed by atoms with Gasteiger partial charge in [-0.25, -0.2) is 4.79 Å². The van der Waals surface area contributed by atoms with E-state index >= 15 is 0 Å². The van der Waals surface area contributed by atoms with Gasteiger partial charge in [-0.15, -0.1) is 0 Å². The van der Waals surface area contributed by atoms with Crippen molar-refractivity contribution in [3.63, 3.8) is 0 Å². The summed E-state index contributed by atoms with van der Waals surface area (Å²) in [6.45, 7) is 17.6. The Kier molecular flexibility index (Phi) is 14.3. The third-order valence-corrected chi connectivity index (χ3v) is 16.5. The van der Waals surface area contributed by atoms with Crippen LogP contribution in [-0.2, 0) is 13.6 Å². The fourth-order valence-corrected chi connectivity index (χ4v) is 11.1. The van der Waals surface area contributed by atoms with Crippen molar-refractivity contribution in [3.05, 3.63) is 12.8 Å². The Morgan fingerprint density at radius 1 is 0.963 bits per heavy atom. The highest BCUT2D eigenvalue weighted by Crippen LogP contribution is 2.28. The van der Waals surface area contributed by atoms with E-state index in [9.17, 15) is 4.79 Å². The molecule has 0 saturated carbocycles. The molecule has 0 aliphatic heterocycles.